The molecule has 3 N–H and O–H groups in total. The maximum atomic E-state index is 12.3. The van der Waals surface area contributed by atoms with Crippen LogP contribution in [-0.4, -0.2) is 21.8 Å². The van der Waals surface area contributed by atoms with Gasteiger partial charge < -0.3 is 15.5 Å². The summed E-state index contributed by atoms with van der Waals surface area (Å²) in [5.41, 5.74) is 8.92. The van der Waals surface area contributed by atoms with Crippen LogP contribution in [-0.2, 0) is 11.3 Å². The van der Waals surface area contributed by atoms with Crippen LogP contribution in [0.25, 0.3) is 5.65 Å². The van der Waals surface area contributed by atoms with E-state index in [0.717, 1.165) is 29.9 Å². The largest absolute Gasteiger partial charge is 0.350 e. The molecule has 1 aliphatic carbocycles. The van der Waals surface area contributed by atoms with Gasteiger partial charge in [0.15, 0.2) is 0 Å². The predicted molar refractivity (Wildman–Crippen MR) is 91.0 cm³/mol. The Morgan fingerprint density at radius 2 is 2.13 bits per heavy atom. The quantitative estimate of drug-likeness (QED) is 0.891. The van der Waals surface area contributed by atoms with Gasteiger partial charge in [0.2, 0.25) is 5.91 Å². The first-order valence-electron chi connectivity index (χ1n) is 8.52. The number of nitrogens with one attached hydrogen (secondary N) is 1. The molecule has 3 rings (SSSR count). The fourth-order valence-electron chi connectivity index (χ4n) is 3.63. The van der Waals surface area contributed by atoms with E-state index in [2.05, 4.69) is 10.3 Å². The highest BCUT2D eigenvalue weighted by atomic mass is 16.1. The first-order chi connectivity index (χ1) is 11.1. The van der Waals surface area contributed by atoms with Gasteiger partial charge in [-0.05, 0) is 43.9 Å². The lowest BCUT2D eigenvalue weighted by atomic mass is 9.71. The van der Waals surface area contributed by atoms with Crippen molar-refractivity contribution in [2.45, 2.75) is 52.0 Å². The topological polar surface area (TPSA) is 72.4 Å². The normalized spacial score (nSPS) is 17.3. The van der Waals surface area contributed by atoms with Crippen LogP contribution in [0, 0.1) is 12.3 Å². The smallest absolute Gasteiger partial charge is 0.220 e. The molecule has 1 amide bonds. The number of nitrogens with zero attached hydrogens (tertiary/aromatic N) is 2. The number of hydrogen-bond donors (Lipinski definition) is 2. The Labute approximate surface area is 137 Å². The van der Waals surface area contributed by atoms with Crippen LogP contribution in [0.15, 0.2) is 24.4 Å². The van der Waals surface area contributed by atoms with Crippen LogP contribution in [0.2, 0.25) is 0 Å². The molecule has 124 valence electrons. The number of carbonyl (C=O) groups is 1. The molecule has 5 heteroatoms. The first kappa shape index (κ1) is 16.0. The molecule has 2 heterocycles. The second-order valence-electron chi connectivity index (χ2n) is 6.85. The minimum atomic E-state index is 0.0117. The van der Waals surface area contributed by atoms with E-state index in [0.29, 0.717) is 19.5 Å². The van der Waals surface area contributed by atoms with Crippen molar-refractivity contribution in [3.05, 3.63) is 35.8 Å². The molecule has 23 heavy (non-hydrogen) atoms. The zero-order valence-corrected chi connectivity index (χ0v) is 13.8. The number of aromatic nitrogens is 2. The van der Waals surface area contributed by atoms with Crippen LogP contribution < -0.4 is 11.1 Å². The fraction of sp³-hybridized carbons (Fsp3) is 0.556. The van der Waals surface area contributed by atoms with Gasteiger partial charge >= 0.3 is 0 Å². The standard InChI is InChI=1S/C18H26N4O/c1-14-6-5-7-16-21-15(12-22(14)16)11-20-17(23)10-18(13-19)8-3-2-4-9-18/h5-7,12H,2-4,8-11,13,19H2,1H3,(H,20,23). The van der Waals surface area contributed by atoms with Crippen molar-refractivity contribution in [1.29, 1.82) is 0 Å². The summed E-state index contributed by atoms with van der Waals surface area (Å²) in [5, 5.41) is 3.02. The van der Waals surface area contributed by atoms with Crippen molar-refractivity contribution in [2.75, 3.05) is 6.54 Å². The second kappa shape index (κ2) is 6.71. The van der Waals surface area contributed by atoms with Crippen LogP contribution >= 0.6 is 0 Å². The highest BCUT2D eigenvalue weighted by Gasteiger charge is 2.32. The second-order valence-corrected chi connectivity index (χ2v) is 6.85. The fourth-order valence-corrected chi connectivity index (χ4v) is 3.63. The van der Waals surface area contributed by atoms with Crippen molar-refractivity contribution in [3.8, 4) is 0 Å². The molecule has 0 radical (unpaired) electrons. The summed E-state index contributed by atoms with van der Waals surface area (Å²) in [5.74, 6) is 0.0890. The minimum Gasteiger partial charge on any atom is -0.350 e. The molecule has 0 atom stereocenters. The summed E-state index contributed by atoms with van der Waals surface area (Å²) in [4.78, 5) is 16.9. The molecule has 1 fully saturated rings. The average molecular weight is 314 g/mol. The number of carbonyl (C=O) groups excluding carboxylic acids is 1. The Kier molecular flexibility index (Phi) is 4.66. The van der Waals surface area contributed by atoms with Gasteiger partial charge in [-0.3, -0.25) is 4.79 Å². The van der Waals surface area contributed by atoms with E-state index in [9.17, 15) is 4.79 Å². The van der Waals surface area contributed by atoms with Crippen LogP contribution in [0.5, 0.6) is 0 Å². The maximum absolute atomic E-state index is 12.3. The van der Waals surface area contributed by atoms with E-state index < -0.39 is 0 Å². The van der Waals surface area contributed by atoms with Crippen LogP contribution in [0.1, 0.15) is 49.9 Å². The molecule has 0 bridgehead atoms. The summed E-state index contributed by atoms with van der Waals surface area (Å²) >= 11 is 0. The summed E-state index contributed by atoms with van der Waals surface area (Å²) in [7, 11) is 0. The van der Waals surface area contributed by atoms with Gasteiger partial charge in [-0.25, -0.2) is 4.98 Å². The molecule has 2 aromatic heterocycles. The van der Waals surface area contributed by atoms with E-state index in [1.807, 2.05) is 35.7 Å². The molecular formula is C18H26N4O. The molecular weight excluding hydrogens is 288 g/mol. The molecule has 0 unspecified atom stereocenters. The van der Waals surface area contributed by atoms with Gasteiger partial charge in [0.25, 0.3) is 0 Å². The monoisotopic (exact) mass is 314 g/mol. The number of pyridine rings is 1. The number of imidazole rings is 1. The summed E-state index contributed by atoms with van der Waals surface area (Å²) in [6.07, 6.45) is 8.32. The number of hydrogen-bond acceptors (Lipinski definition) is 3. The maximum Gasteiger partial charge on any atom is 0.220 e. The number of aryl methyl sites for hydroxylation is 1. The van der Waals surface area contributed by atoms with Gasteiger partial charge in [-0.1, -0.05) is 25.3 Å². The molecule has 2 aromatic rings. The highest BCUT2D eigenvalue weighted by molar-refractivity contribution is 5.76. The third-order valence-electron chi connectivity index (χ3n) is 5.10. The Hall–Kier alpha value is -1.88. The van der Waals surface area contributed by atoms with Gasteiger partial charge in [0, 0.05) is 18.3 Å². The van der Waals surface area contributed by atoms with Crippen LogP contribution in [0.4, 0.5) is 0 Å². The van der Waals surface area contributed by atoms with Crippen molar-refractivity contribution < 1.29 is 4.79 Å². The number of nitrogens with two attached hydrogens (primary N) is 1. The Morgan fingerprint density at radius 3 is 2.83 bits per heavy atom. The molecule has 0 saturated heterocycles. The molecule has 0 spiro atoms. The Balaban J connectivity index is 1.60. The lowest BCUT2D eigenvalue weighted by Crippen LogP contribution is -2.38. The Bertz CT molecular complexity index is 685. The summed E-state index contributed by atoms with van der Waals surface area (Å²) in [6, 6.07) is 6.02. The SMILES string of the molecule is Cc1cccc2nc(CNC(=O)CC3(CN)CCCCC3)cn12. The van der Waals surface area contributed by atoms with Crippen molar-refractivity contribution in [3.63, 3.8) is 0 Å². The first-order valence-corrected chi connectivity index (χ1v) is 8.52. The van der Waals surface area contributed by atoms with E-state index in [1.165, 1.54) is 19.3 Å². The van der Waals surface area contributed by atoms with E-state index >= 15 is 0 Å². The summed E-state index contributed by atoms with van der Waals surface area (Å²) in [6.45, 7) is 3.12. The Morgan fingerprint density at radius 1 is 1.35 bits per heavy atom. The number of rotatable bonds is 5. The van der Waals surface area contributed by atoms with E-state index in [-0.39, 0.29) is 11.3 Å². The minimum absolute atomic E-state index is 0.0117. The van der Waals surface area contributed by atoms with Gasteiger partial charge in [-0.15, -0.1) is 0 Å². The molecule has 0 aromatic carbocycles. The van der Waals surface area contributed by atoms with Gasteiger partial charge in [0.1, 0.15) is 5.65 Å². The van der Waals surface area contributed by atoms with Crippen LogP contribution in [0.3, 0.4) is 0 Å². The highest BCUT2D eigenvalue weighted by Crippen LogP contribution is 2.38. The molecule has 1 aliphatic rings. The van der Waals surface area contributed by atoms with Crippen molar-refractivity contribution >= 4 is 11.6 Å². The molecule has 1 saturated carbocycles. The zero-order chi connectivity index (χ0) is 16.3. The third kappa shape index (κ3) is 3.55. The molecule has 5 nitrogen and oxygen atoms in total. The third-order valence-corrected chi connectivity index (χ3v) is 5.10. The molecule has 0 aliphatic heterocycles. The average Bonchev–Trinajstić information content (AvgIpc) is 2.98. The number of amides is 1. The summed E-state index contributed by atoms with van der Waals surface area (Å²) < 4.78 is 2.05. The van der Waals surface area contributed by atoms with Crippen molar-refractivity contribution in [1.82, 2.24) is 14.7 Å². The van der Waals surface area contributed by atoms with Gasteiger partial charge in [-0.2, -0.15) is 0 Å². The van der Waals surface area contributed by atoms with E-state index in [4.69, 9.17) is 5.73 Å². The lowest BCUT2D eigenvalue weighted by Gasteiger charge is -2.35. The number of fused-ring (bicyclic) bond motifs is 1. The van der Waals surface area contributed by atoms with Crippen molar-refractivity contribution in [2.24, 2.45) is 11.1 Å². The van der Waals surface area contributed by atoms with E-state index in [1.54, 1.807) is 0 Å². The lowest BCUT2D eigenvalue weighted by molar-refractivity contribution is -0.124. The van der Waals surface area contributed by atoms with Gasteiger partial charge in [0.05, 0.1) is 12.2 Å². The predicted octanol–water partition coefficient (Wildman–Crippen LogP) is 2.56. The zero-order valence-electron chi connectivity index (χ0n) is 13.8.